The van der Waals surface area contributed by atoms with Crippen LogP contribution < -0.4 is 0 Å². The number of carboxylic acid groups (broad SMARTS) is 1. The van der Waals surface area contributed by atoms with E-state index in [0.29, 0.717) is 27.9 Å². The molecule has 1 atom stereocenters. The van der Waals surface area contributed by atoms with Gasteiger partial charge >= 0.3 is 5.97 Å². The van der Waals surface area contributed by atoms with Crippen molar-refractivity contribution in [2.75, 3.05) is 0 Å². The number of aryl methyl sites for hydroxylation is 2. The van der Waals surface area contributed by atoms with Crippen LogP contribution in [0, 0.1) is 25.5 Å². The maximum atomic E-state index is 14.4. The van der Waals surface area contributed by atoms with Crippen LogP contribution in [-0.4, -0.2) is 26.2 Å². The van der Waals surface area contributed by atoms with Crippen molar-refractivity contribution in [1.29, 1.82) is 0 Å². The van der Waals surface area contributed by atoms with Crippen LogP contribution in [0.3, 0.4) is 0 Å². The molecule has 1 unspecified atom stereocenters. The number of benzene rings is 2. The van der Waals surface area contributed by atoms with Gasteiger partial charge in [0.05, 0.1) is 12.1 Å². The molecule has 0 bridgehead atoms. The summed E-state index contributed by atoms with van der Waals surface area (Å²) in [5.41, 5.74) is 3.57. The number of halogens is 2. The van der Waals surface area contributed by atoms with E-state index in [1.807, 2.05) is 37.3 Å². The van der Waals surface area contributed by atoms with Crippen LogP contribution in [-0.2, 0) is 16.1 Å². The van der Waals surface area contributed by atoms with Gasteiger partial charge in [-0.05, 0) is 52.3 Å². The van der Waals surface area contributed by atoms with Gasteiger partial charge in [0.25, 0.3) is 0 Å². The molecule has 0 aliphatic rings. The molecular weight excluding hydrogens is 450 g/mol. The second kappa shape index (κ2) is 9.23. The first-order valence-corrected chi connectivity index (χ1v) is 11.4. The number of hydrogen-bond acceptors (Lipinski definition) is 3. The number of carbonyl (C=O) groups is 1. The van der Waals surface area contributed by atoms with Crippen LogP contribution in [0.15, 0.2) is 54.7 Å². The molecule has 2 aromatic heterocycles. The van der Waals surface area contributed by atoms with Gasteiger partial charge in [0.15, 0.2) is 17.7 Å². The summed E-state index contributed by atoms with van der Waals surface area (Å²) >= 11 is 0. The molecule has 182 valence electrons. The summed E-state index contributed by atoms with van der Waals surface area (Å²) in [5, 5.41) is 10.8. The Morgan fingerprint density at radius 2 is 1.77 bits per heavy atom. The summed E-state index contributed by atoms with van der Waals surface area (Å²) in [6, 6.07) is 13.7. The molecular formula is C28H28F2N2O3. The minimum Gasteiger partial charge on any atom is -0.479 e. The first-order chi connectivity index (χ1) is 16.5. The Morgan fingerprint density at radius 1 is 1.09 bits per heavy atom. The lowest BCUT2D eigenvalue weighted by Gasteiger charge is -2.28. The average molecular weight is 479 g/mol. The van der Waals surface area contributed by atoms with Crippen LogP contribution in [0.1, 0.15) is 49.3 Å². The number of pyridine rings is 1. The molecule has 0 amide bonds. The van der Waals surface area contributed by atoms with E-state index in [1.54, 1.807) is 38.5 Å². The van der Waals surface area contributed by atoms with Crippen molar-refractivity contribution >= 4 is 17.0 Å². The van der Waals surface area contributed by atoms with E-state index in [9.17, 15) is 18.7 Å². The molecule has 1 N–H and O–H groups in total. The zero-order chi connectivity index (χ0) is 25.5. The Morgan fingerprint density at radius 3 is 2.40 bits per heavy atom. The summed E-state index contributed by atoms with van der Waals surface area (Å²) < 4.78 is 35.9. The highest BCUT2D eigenvalue weighted by molar-refractivity contribution is 5.97. The highest BCUT2D eigenvalue weighted by atomic mass is 19.2. The Balaban J connectivity index is 1.97. The van der Waals surface area contributed by atoms with Gasteiger partial charge in [-0.2, -0.15) is 0 Å². The van der Waals surface area contributed by atoms with Crippen LogP contribution in [0.25, 0.3) is 22.2 Å². The van der Waals surface area contributed by atoms with E-state index in [1.165, 1.54) is 12.1 Å². The zero-order valence-electron chi connectivity index (χ0n) is 20.4. The van der Waals surface area contributed by atoms with Crippen LogP contribution in [0.5, 0.6) is 0 Å². The third kappa shape index (κ3) is 4.95. The molecule has 35 heavy (non-hydrogen) atoms. The van der Waals surface area contributed by atoms with Crippen LogP contribution >= 0.6 is 0 Å². The van der Waals surface area contributed by atoms with Gasteiger partial charge in [0, 0.05) is 34.0 Å². The number of aromatic nitrogens is 2. The molecule has 7 heteroatoms. The third-order valence-corrected chi connectivity index (χ3v) is 5.81. The maximum Gasteiger partial charge on any atom is 0.337 e. The summed E-state index contributed by atoms with van der Waals surface area (Å²) in [4.78, 5) is 17.1. The molecule has 0 fully saturated rings. The second-order valence-corrected chi connectivity index (χ2v) is 9.69. The number of carboxylic acids is 1. The zero-order valence-corrected chi connectivity index (χ0v) is 20.4. The Hall–Kier alpha value is -3.58. The highest BCUT2D eigenvalue weighted by Gasteiger charge is 2.32. The number of fused-ring (bicyclic) bond motifs is 1. The number of ether oxygens (including phenoxy) is 1. The van der Waals surface area contributed by atoms with Gasteiger partial charge in [0.1, 0.15) is 5.65 Å². The molecule has 4 aromatic rings. The SMILES string of the molecule is Cc1ccc(-c2c(C(OC(C)(C)C)C(=O)O)c(C)nc3c2ccn3Cc2cccc(F)c2F)cc1. The molecule has 2 aromatic carbocycles. The van der Waals surface area contributed by atoms with Gasteiger partial charge in [0.2, 0.25) is 0 Å². The summed E-state index contributed by atoms with van der Waals surface area (Å²) in [5.74, 6) is -2.92. The van der Waals surface area contributed by atoms with Crippen LogP contribution in [0.2, 0.25) is 0 Å². The van der Waals surface area contributed by atoms with Gasteiger partial charge < -0.3 is 14.4 Å². The van der Waals surface area contributed by atoms with Crippen molar-refractivity contribution in [3.63, 3.8) is 0 Å². The Bertz CT molecular complexity index is 1400. The lowest BCUT2D eigenvalue weighted by molar-refractivity contribution is -0.160. The Labute approximate surface area is 203 Å². The molecule has 0 saturated heterocycles. The largest absolute Gasteiger partial charge is 0.479 e. The fourth-order valence-electron chi connectivity index (χ4n) is 4.25. The minimum atomic E-state index is -1.24. The first-order valence-electron chi connectivity index (χ1n) is 11.4. The number of aliphatic carboxylic acids is 1. The normalized spacial score (nSPS) is 12.8. The molecule has 0 radical (unpaired) electrons. The van der Waals surface area contributed by atoms with Crippen molar-refractivity contribution in [1.82, 2.24) is 9.55 Å². The number of rotatable bonds is 6. The van der Waals surface area contributed by atoms with E-state index in [2.05, 4.69) is 0 Å². The van der Waals surface area contributed by atoms with E-state index < -0.39 is 29.3 Å². The Kier molecular flexibility index (Phi) is 6.47. The molecule has 0 aliphatic carbocycles. The first kappa shape index (κ1) is 24.5. The lowest BCUT2D eigenvalue weighted by atomic mass is 9.92. The predicted octanol–water partition coefficient (Wildman–Crippen LogP) is 6.59. The van der Waals surface area contributed by atoms with Crippen molar-refractivity contribution in [3.05, 3.63) is 88.7 Å². The molecule has 5 nitrogen and oxygen atoms in total. The molecule has 4 rings (SSSR count). The van der Waals surface area contributed by atoms with E-state index in [0.717, 1.165) is 17.2 Å². The molecule has 2 heterocycles. The summed E-state index contributed by atoms with van der Waals surface area (Å²) in [6.45, 7) is 9.21. The van der Waals surface area contributed by atoms with Gasteiger partial charge in [-0.3, -0.25) is 0 Å². The summed E-state index contributed by atoms with van der Waals surface area (Å²) in [7, 11) is 0. The standard InChI is InChI=1S/C28H28F2N2O3/c1-16-9-11-18(12-10-16)23-20-13-14-32(15-19-7-6-8-21(29)24(19)30)26(20)31-17(2)22(23)25(27(33)34)35-28(3,4)5/h6-14,25H,15H2,1-5H3,(H,33,34). The fourth-order valence-corrected chi connectivity index (χ4v) is 4.25. The monoisotopic (exact) mass is 478 g/mol. The quantitative estimate of drug-likeness (QED) is 0.340. The van der Waals surface area contributed by atoms with E-state index in [4.69, 9.17) is 9.72 Å². The van der Waals surface area contributed by atoms with E-state index >= 15 is 0 Å². The second-order valence-electron chi connectivity index (χ2n) is 9.69. The van der Waals surface area contributed by atoms with Gasteiger partial charge in [-0.15, -0.1) is 0 Å². The average Bonchev–Trinajstić information content (AvgIpc) is 3.16. The van der Waals surface area contributed by atoms with Gasteiger partial charge in [-0.25, -0.2) is 18.6 Å². The fraction of sp³-hybridized carbons (Fsp3) is 0.286. The molecule has 0 aliphatic heterocycles. The smallest absolute Gasteiger partial charge is 0.337 e. The molecule has 0 spiro atoms. The highest BCUT2D eigenvalue weighted by Crippen LogP contribution is 2.40. The lowest BCUT2D eigenvalue weighted by Crippen LogP contribution is -2.28. The summed E-state index contributed by atoms with van der Waals surface area (Å²) in [6.07, 6.45) is 0.510. The predicted molar refractivity (Wildman–Crippen MR) is 131 cm³/mol. The van der Waals surface area contributed by atoms with Crippen molar-refractivity contribution in [3.8, 4) is 11.1 Å². The van der Waals surface area contributed by atoms with Crippen molar-refractivity contribution < 1.29 is 23.4 Å². The minimum absolute atomic E-state index is 0.0765. The maximum absolute atomic E-state index is 14.4. The number of hydrogen-bond donors (Lipinski definition) is 1. The van der Waals surface area contributed by atoms with Crippen molar-refractivity contribution in [2.24, 2.45) is 0 Å². The number of nitrogens with zero attached hydrogens (tertiary/aromatic N) is 2. The van der Waals surface area contributed by atoms with Crippen molar-refractivity contribution in [2.45, 2.75) is 52.9 Å². The third-order valence-electron chi connectivity index (χ3n) is 5.81. The van der Waals surface area contributed by atoms with Gasteiger partial charge in [-0.1, -0.05) is 42.0 Å². The topological polar surface area (TPSA) is 64.3 Å². The van der Waals surface area contributed by atoms with Crippen LogP contribution in [0.4, 0.5) is 8.78 Å². The molecule has 0 saturated carbocycles. The van der Waals surface area contributed by atoms with E-state index in [-0.39, 0.29) is 12.1 Å².